The number of aliphatic hydroxyl groups excluding tert-OH is 1. The van der Waals surface area contributed by atoms with Crippen LogP contribution in [0.1, 0.15) is 17.4 Å². The summed E-state index contributed by atoms with van der Waals surface area (Å²) in [6.45, 7) is 0. The highest BCUT2D eigenvalue weighted by molar-refractivity contribution is 9.10. The lowest BCUT2D eigenvalue weighted by atomic mass is 10.1. The molecule has 0 spiro atoms. The predicted octanol–water partition coefficient (Wildman–Crippen LogP) is 3.89. The number of methoxy groups -OCH3 is 1. The molecule has 17 heavy (non-hydrogen) atoms. The summed E-state index contributed by atoms with van der Waals surface area (Å²) in [6.07, 6.45) is 0.652. The molecule has 0 aliphatic heterocycles. The first kappa shape index (κ1) is 12.7. The first-order chi connectivity index (χ1) is 8.13. The van der Waals surface area contributed by atoms with E-state index in [1.807, 2.05) is 6.07 Å². The van der Waals surface area contributed by atoms with E-state index in [-0.39, 0.29) is 0 Å². The molecule has 1 aromatic carbocycles. The quantitative estimate of drug-likeness (QED) is 0.901. The van der Waals surface area contributed by atoms with E-state index >= 15 is 0 Å². The van der Waals surface area contributed by atoms with Crippen LogP contribution in [-0.2, 0) is 0 Å². The van der Waals surface area contributed by atoms with Crippen molar-refractivity contribution in [2.75, 3.05) is 7.11 Å². The second-order valence-corrected chi connectivity index (χ2v) is 5.19. The summed E-state index contributed by atoms with van der Waals surface area (Å²) in [5.41, 5.74) is 0.650. The molecule has 1 unspecified atom stereocenters. The molecule has 0 bridgehead atoms. The van der Waals surface area contributed by atoms with E-state index in [2.05, 4.69) is 31.9 Å². The maximum atomic E-state index is 10.3. The number of aliphatic hydroxyl groups is 1. The Hall–Kier alpha value is -0.780. The summed E-state index contributed by atoms with van der Waals surface area (Å²) in [4.78, 5) is 0. The predicted molar refractivity (Wildman–Crippen MR) is 71.2 cm³/mol. The van der Waals surface area contributed by atoms with Crippen LogP contribution in [0.3, 0.4) is 0 Å². The molecule has 2 rings (SSSR count). The van der Waals surface area contributed by atoms with Gasteiger partial charge in [-0.25, -0.2) is 0 Å². The highest BCUT2D eigenvalue weighted by Crippen LogP contribution is 2.35. The third-order valence-corrected chi connectivity index (χ3v) is 3.53. The second-order valence-electron chi connectivity index (χ2n) is 3.42. The number of furan rings is 1. The molecule has 0 saturated heterocycles. The molecule has 0 aliphatic rings. The number of rotatable bonds is 3. The van der Waals surface area contributed by atoms with Crippen molar-refractivity contribution in [1.29, 1.82) is 0 Å². The molecule has 90 valence electrons. The van der Waals surface area contributed by atoms with Crippen molar-refractivity contribution in [1.82, 2.24) is 0 Å². The van der Waals surface area contributed by atoms with Crippen molar-refractivity contribution >= 4 is 31.9 Å². The summed E-state index contributed by atoms with van der Waals surface area (Å²) in [6, 6.07) is 7.19. The van der Waals surface area contributed by atoms with Crippen LogP contribution >= 0.6 is 31.9 Å². The van der Waals surface area contributed by atoms with Crippen LogP contribution in [-0.4, -0.2) is 12.2 Å². The van der Waals surface area contributed by atoms with E-state index in [0.717, 1.165) is 8.95 Å². The maximum absolute atomic E-state index is 10.3. The van der Waals surface area contributed by atoms with E-state index < -0.39 is 6.10 Å². The van der Waals surface area contributed by atoms with Gasteiger partial charge in [0.2, 0.25) is 0 Å². The molecule has 0 fully saturated rings. The van der Waals surface area contributed by atoms with E-state index in [0.29, 0.717) is 17.1 Å². The summed E-state index contributed by atoms with van der Waals surface area (Å²) in [5, 5.41) is 10.3. The van der Waals surface area contributed by atoms with E-state index in [1.165, 1.54) is 6.26 Å². The Morgan fingerprint density at radius 3 is 2.65 bits per heavy atom. The Morgan fingerprint density at radius 2 is 2.06 bits per heavy atom. The Bertz CT molecular complexity index is 522. The normalized spacial score (nSPS) is 12.5. The monoisotopic (exact) mass is 360 g/mol. The number of ether oxygens (including phenoxy) is 1. The van der Waals surface area contributed by atoms with Crippen LogP contribution < -0.4 is 4.74 Å². The van der Waals surface area contributed by atoms with Crippen molar-refractivity contribution < 1.29 is 14.3 Å². The van der Waals surface area contributed by atoms with Gasteiger partial charge in [-0.15, -0.1) is 0 Å². The molecule has 1 aromatic heterocycles. The summed E-state index contributed by atoms with van der Waals surface area (Å²) in [7, 11) is 1.57. The number of hydrogen-bond acceptors (Lipinski definition) is 3. The largest absolute Gasteiger partial charge is 0.496 e. The first-order valence-corrected chi connectivity index (χ1v) is 6.46. The fourth-order valence-corrected chi connectivity index (χ4v) is 2.36. The molecule has 0 amide bonds. The van der Waals surface area contributed by atoms with Crippen molar-refractivity contribution in [3.05, 3.63) is 50.8 Å². The third-order valence-electron chi connectivity index (χ3n) is 2.38. The van der Waals surface area contributed by atoms with E-state index in [1.54, 1.807) is 25.3 Å². The zero-order valence-corrected chi connectivity index (χ0v) is 12.2. The SMILES string of the molecule is COc1ccc(Br)cc1C(O)c1occc1Br. The Morgan fingerprint density at radius 1 is 1.29 bits per heavy atom. The topological polar surface area (TPSA) is 42.6 Å². The summed E-state index contributed by atoms with van der Waals surface area (Å²) < 4.78 is 12.1. The smallest absolute Gasteiger partial charge is 0.151 e. The van der Waals surface area contributed by atoms with Crippen molar-refractivity contribution in [3.8, 4) is 5.75 Å². The molecule has 0 radical (unpaired) electrons. The molecular formula is C12H10Br2O3. The van der Waals surface area contributed by atoms with Crippen LogP contribution in [0.25, 0.3) is 0 Å². The van der Waals surface area contributed by atoms with Gasteiger partial charge in [-0.3, -0.25) is 0 Å². The number of halogens is 2. The van der Waals surface area contributed by atoms with Crippen molar-refractivity contribution in [3.63, 3.8) is 0 Å². The van der Waals surface area contributed by atoms with Gasteiger partial charge in [0.1, 0.15) is 11.9 Å². The van der Waals surface area contributed by atoms with Gasteiger partial charge >= 0.3 is 0 Å². The Labute approximate surface area is 116 Å². The molecular weight excluding hydrogens is 352 g/mol. The fraction of sp³-hybridized carbons (Fsp3) is 0.167. The molecule has 5 heteroatoms. The van der Waals surface area contributed by atoms with E-state index in [9.17, 15) is 5.11 Å². The van der Waals surface area contributed by atoms with E-state index in [4.69, 9.17) is 9.15 Å². The second kappa shape index (κ2) is 5.25. The van der Waals surface area contributed by atoms with Crippen LogP contribution in [0.2, 0.25) is 0 Å². The maximum Gasteiger partial charge on any atom is 0.151 e. The van der Waals surface area contributed by atoms with Gasteiger partial charge in [-0.05, 0) is 40.2 Å². The highest BCUT2D eigenvalue weighted by atomic mass is 79.9. The zero-order chi connectivity index (χ0) is 12.4. The minimum absolute atomic E-state index is 0.460. The number of benzene rings is 1. The van der Waals surface area contributed by atoms with Gasteiger partial charge in [0.15, 0.2) is 5.76 Å². The average molecular weight is 362 g/mol. The van der Waals surface area contributed by atoms with Gasteiger partial charge in [-0.1, -0.05) is 15.9 Å². The van der Waals surface area contributed by atoms with Crippen LogP contribution in [0.5, 0.6) is 5.75 Å². The standard InChI is InChI=1S/C12H10Br2O3/c1-16-10-3-2-7(13)6-8(10)11(15)12-9(14)4-5-17-12/h2-6,11,15H,1H3. The molecule has 0 saturated carbocycles. The summed E-state index contributed by atoms with van der Waals surface area (Å²) >= 11 is 6.69. The lowest BCUT2D eigenvalue weighted by Gasteiger charge is -2.13. The first-order valence-electron chi connectivity index (χ1n) is 4.88. The third kappa shape index (κ3) is 2.56. The molecule has 1 N–H and O–H groups in total. The zero-order valence-electron chi connectivity index (χ0n) is 8.98. The summed E-state index contributed by atoms with van der Waals surface area (Å²) in [5.74, 6) is 1.07. The fourth-order valence-electron chi connectivity index (χ4n) is 1.56. The van der Waals surface area contributed by atoms with Gasteiger partial charge in [0, 0.05) is 10.0 Å². The minimum atomic E-state index is -0.869. The minimum Gasteiger partial charge on any atom is -0.496 e. The number of hydrogen-bond donors (Lipinski definition) is 1. The van der Waals surface area contributed by atoms with Crippen LogP contribution in [0.15, 0.2) is 43.9 Å². The molecule has 1 heterocycles. The molecule has 3 nitrogen and oxygen atoms in total. The van der Waals surface area contributed by atoms with Crippen molar-refractivity contribution in [2.45, 2.75) is 6.10 Å². The van der Waals surface area contributed by atoms with Crippen molar-refractivity contribution in [2.24, 2.45) is 0 Å². The lowest BCUT2D eigenvalue weighted by molar-refractivity contribution is 0.184. The van der Waals surface area contributed by atoms with Gasteiger partial charge < -0.3 is 14.3 Å². The van der Waals surface area contributed by atoms with Crippen LogP contribution in [0, 0.1) is 0 Å². The average Bonchev–Trinajstić information content (AvgIpc) is 2.74. The Balaban J connectivity index is 2.46. The molecule has 1 atom stereocenters. The molecule has 0 aliphatic carbocycles. The Kier molecular flexibility index (Phi) is 3.91. The lowest BCUT2D eigenvalue weighted by Crippen LogP contribution is -2.02. The molecule has 2 aromatic rings. The van der Waals surface area contributed by atoms with Gasteiger partial charge in [-0.2, -0.15) is 0 Å². The van der Waals surface area contributed by atoms with Gasteiger partial charge in [0.25, 0.3) is 0 Å². The van der Waals surface area contributed by atoms with Crippen LogP contribution in [0.4, 0.5) is 0 Å². The van der Waals surface area contributed by atoms with Gasteiger partial charge in [0.05, 0.1) is 17.8 Å². The highest BCUT2D eigenvalue weighted by Gasteiger charge is 2.21.